The van der Waals surface area contributed by atoms with Crippen molar-refractivity contribution < 1.29 is 23.2 Å². The van der Waals surface area contributed by atoms with Gasteiger partial charge in [0.2, 0.25) is 10.0 Å². The summed E-state index contributed by atoms with van der Waals surface area (Å²) in [5, 5.41) is 24.6. The fourth-order valence-electron chi connectivity index (χ4n) is 2.62. The van der Waals surface area contributed by atoms with Gasteiger partial charge in [0.05, 0.1) is 23.0 Å². The normalized spacial score (nSPS) is 12.6. The quantitative estimate of drug-likeness (QED) is 0.356. The van der Waals surface area contributed by atoms with Gasteiger partial charge in [0.1, 0.15) is 11.4 Å². The molecule has 0 radical (unpaired) electrons. The number of sulfonamides is 1. The number of anilines is 1. The number of nitro benzene ring substituents is 1. The molecule has 0 fully saturated rings. The average Bonchev–Trinajstić information content (AvgIpc) is 2.71. The van der Waals surface area contributed by atoms with Crippen molar-refractivity contribution >= 4 is 21.4 Å². The van der Waals surface area contributed by atoms with Crippen molar-refractivity contribution in [3.8, 4) is 5.75 Å². The van der Waals surface area contributed by atoms with Crippen LogP contribution >= 0.6 is 0 Å². The highest BCUT2D eigenvalue weighted by Crippen LogP contribution is 2.28. The zero-order valence-electron chi connectivity index (χ0n) is 17.0. The summed E-state index contributed by atoms with van der Waals surface area (Å²) in [6.07, 6.45) is -0.924. The first-order valence-corrected chi connectivity index (χ1v) is 10.6. The molecule has 2 rings (SSSR count). The van der Waals surface area contributed by atoms with Crippen LogP contribution < -0.4 is 14.8 Å². The van der Waals surface area contributed by atoms with Crippen LogP contribution in [0.2, 0.25) is 0 Å². The number of likely N-dealkylation sites (N-methyl/N-ethyl adjacent to an activating group) is 1. The number of nitrogens with zero attached hydrogens (tertiary/aromatic N) is 2. The molecule has 30 heavy (non-hydrogen) atoms. The maximum Gasteiger partial charge on any atom is 0.293 e. The van der Waals surface area contributed by atoms with E-state index in [1.54, 1.807) is 38.4 Å². The minimum atomic E-state index is -3.88. The number of aliphatic hydroxyl groups is 1. The van der Waals surface area contributed by atoms with Crippen LogP contribution in [0.4, 0.5) is 11.4 Å². The second kappa shape index (κ2) is 10.3. The monoisotopic (exact) mass is 438 g/mol. The smallest absolute Gasteiger partial charge is 0.293 e. The summed E-state index contributed by atoms with van der Waals surface area (Å²) in [4.78, 5) is 12.4. The highest BCUT2D eigenvalue weighted by molar-refractivity contribution is 7.89. The summed E-state index contributed by atoms with van der Waals surface area (Å²) < 4.78 is 32.2. The van der Waals surface area contributed by atoms with E-state index in [9.17, 15) is 23.6 Å². The lowest BCUT2D eigenvalue weighted by atomic mass is 10.1. The topological polar surface area (TPSA) is 134 Å². The van der Waals surface area contributed by atoms with Crippen LogP contribution in [0.15, 0.2) is 47.4 Å². The largest absolute Gasteiger partial charge is 0.497 e. The molecule has 0 saturated heterocycles. The number of benzene rings is 2. The minimum Gasteiger partial charge on any atom is -0.497 e. The van der Waals surface area contributed by atoms with Crippen LogP contribution in [0.1, 0.15) is 11.7 Å². The zero-order chi connectivity index (χ0) is 22.3. The number of nitrogens with one attached hydrogen (secondary N) is 2. The molecule has 0 spiro atoms. The molecule has 3 N–H and O–H groups in total. The predicted molar refractivity (Wildman–Crippen MR) is 113 cm³/mol. The van der Waals surface area contributed by atoms with Gasteiger partial charge in [0.25, 0.3) is 5.69 Å². The molecule has 0 amide bonds. The molecule has 0 heterocycles. The second-order valence-electron chi connectivity index (χ2n) is 6.81. The Morgan fingerprint density at radius 2 is 1.87 bits per heavy atom. The molecule has 0 aliphatic carbocycles. The van der Waals surface area contributed by atoms with Crippen LogP contribution in [0.25, 0.3) is 0 Å². The van der Waals surface area contributed by atoms with Gasteiger partial charge in [0, 0.05) is 25.7 Å². The molecule has 0 bridgehead atoms. The van der Waals surface area contributed by atoms with E-state index in [0.29, 0.717) is 17.9 Å². The fourth-order valence-corrected chi connectivity index (χ4v) is 3.66. The summed E-state index contributed by atoms with van der Waals surface area (Å²) in [6.45, 7) is 0.668. The number of hydrogen-bond acceptors (Lipinski definition) is 8. The highest BCUT2D eigenvalue weighted by atomic mass is 32.2. The zero-order valence-corrected chi connectivity index (χ0v) is 17.8. The average molecular weight is 439 g/mol. The van der Waals surface area contributed by atoms with E-state index in [-0.39, 0.29) is 23.7 Å². The Bertz CT molecular complexity index is 963. The Kier molecular flexibility index (Phi) is 8.12. The fraction of sp³-hybridized carbons (Fsp3) is 0.368. The first kappa shape index (κ1) is 23.5. The predicted octanol–water partition coefficient (Wildman–Crippen LogP) is 1.59. The van der Waals surface area contributed by atoms with Crippen molar-refractivity contribution in [3.05, 3.63) is 58.1 Å². The Morgan fingerprint density at radius 3 is 2.43 bits per heavy atom. The van der Waals surface area contributed by atoms with Gasteiger partial charge in [-0.05, 0) is 43.9 Å². The Balaban J connectivity index is 2.13. The molecule has 0 aliphatic heterocycles. The summed E-state index contributed by atoms with van der Waals surface area (Å²) in [7, 11) is 1.27. The van der Waals surface area contributed by atoms with Crippen molar-refractivity contribution in [2.75, 3.05) is 46.2 Å². The standard InChI is InChI=1S/C19H26N4O6S/c1-22(2)11-10-21-30(27,28)16-8-9-17(18(12-16)23(25)26)20-13-19(24)14-4-6-15(29-3)7-5-14/h4-9,12,19-21,24H,10-11,13H2,1-3H3. The summed E-state index contributed by atoms with van der Waals surface area (Å²) >= 11 is 0. The lowest BCUT2D eigenvalue weighted by Gasteiger charge is -2.15. The third-order valence-corrected chi connectivity index (χ3v) is 5.77. The number of ether oxygens (including phenoxy) is 1. The van der Waals surface area contributed by atoms with E-state index >= 15 is 0 Å². The third kappa shape index (κ3) is 6.39. The highest BCUT2D eigenvalue weighted by Gasteiger charge is 2.22. The van der Waals surface area contributed by atoms with Crippen molar-refractivity contribution in [1.29, 1.82) is 0 Å². The van der Waals surface area contributed by atoms with Crippen LogP contribution in [0.5, 0.6) is 5.75 Å². The van der Waals surface area contributed by atoms with E-state index in [0.717, 1.165) is 6.07 Å². The molecule has 0 saturated carbocycles. The van der Waals surface area contributed by atoms with Gasteiger partial charge in [-0.1, -0.05) is 12.1 Å². The first-order chi connectivity index (χ1) is 14.1. The van der Waals surface area contributed by atoms with Gasteiger partial charge in [-0.15, -0.1) is 0 Å². The van der Waals surface area contributed by atoms with Gasteiger partial charge in [-0.2, -0.15) is 0 Å². The molecular formula is C19H26N4O6S. The molecule has 0 aliphatic rings. The number of methoxy groups -OCH3 is 1. The number of rotatable bonds is 11. The summed E-state index contributed by atoms with van der Waals surface area (Å²) in [5.74, 6) is 0.644. The maximum absolute atomic E-state index is 12.4. The Labute approximate surface area is 175 Å². The van der Waals surface area contributed by atoms with E-state index in [4.69, 9.17) is 4.74 Å². The van der Waals surface area contributed by atoms with Crippen LogP contribution in [-0.4, -0.2) is 64.2 Å². The SMILES string of the molecule is COc1ccc(C(O)CNc2ccc(S(=O)(=O)NCCN(C)C)cc2[N+](=O)[O-])cc1. The molecule has 10 nitrogen and oxygen atoms in total. The molecule has 11 heteroatoms. The molecule has 2 aromatic rings. The summed E-state index contributed by atoms with van der Waals surface area (Å²) in [5.41, 5.74) is 0.322. The molecule has 1 unspecified atom stereocenters. The van der Waals surface area contributed by atoms with Crippen LogP contribution in [-0.2, 0) is 10.0 Å². The molecular weight excluding hydrogens is 412 g/mol. The van der Waals surface area contributed by atoms with E-state index in [1.165, 1.54) is 19.2 Å². The lowest BCUT2D eigenvalue weighted by molar-refractivity contribution is -0.384. The van der Waals surface area contributed by atoms with Gasteiger partial charge in [-0.3, -0.25) is 10.1 Å². The van der Waals surface area contributed by atoms with Crippen molar-refractivity contribution in [2.24, 2.45) is 0 Å². The number of nitro groups is 1. The van der Waals surface area contributed by atoms with Gasteiger partial charge >= 0.3 is 0 Å². The van der Waals surface area contributed by atoms with Crippen molar-refractivity contribution in [3.63, 3.8) is 0 Å². The van der Waals surface area contributed by atoms with E-state index in [2.05, 4.69) is 10.0 Å². The molecule has 2 aromatic carbocycles. The lowest BCUT2D eigenvalue weighted by Crippen LogP contribution is -2.31. The Morgan fingerprint density at radius 1 is 1.20 bits per heavy atom. The number of hydrogen-bond donors (Lipinski definition) is 3. The maximum atomic E-state index is 12.4. The van der Waals surface area contributed by atoms with Crippen LogP contribution in [0.3, 0.4) is 0 Å². The van der Waals surface area contributed by atoms with E-state index in [1.807, 2.05) is 4.90 Å². The molecule has 0 aromatic heterocycles. The van der Waals surface area contributed by atoms with Gasteiger partial charge < -0.3 is 20.1 Å². The first-order valence-electron chi connectivity index (χ1n) is 9.12. The van der Waals surface area contributed by atoms with Gasteiger partial charge in [0.15, 0.2) is 0 Å². The molecule has 164 valence electrons. The van der Waals surface area contributed by atoms with Crippen LogP contribution in [0, 0.1) is 10.1 Å². The second-order valence-corrected chi connectivity index (χ2v) is 8.57. The minimum absolute atomic E-state index is 0.000347. The third-order valence-electron chi connectivity index (χ3n) is 4.31. The van der Waals surface area contributed by atoms with Gasteiger partial charge in [-0.25, -0.2) is 13.1 Å². The van der Waals surface area contributed by atoms with E-state index < -0.39 is 26.7 Å². The van der Waals surface area contributed by atoms with Crippen molar-refractivity contribution in [1.82, 2.24) is 9.62 Å². The Hall–Kier alpha value is -2.73. The van der Waals surface area contributed by atoms with Crippen molar-refractivity contribution in [2.45, 2.75) is 11.0 Å². The molecule has 1 atom stereocenters. The number of aliphatic hydroxyl groups excluding tert-OH is 1. The summed E-state index contributed by atoms with van der Waals surface area (Å²) in [6, 6.07) is 10.4.